The van der Waals surface area contributed by atoms with Gasteiger partial charge in [0.1, 0.15) is 6.04 Å². The van der Waals surface area contributed by atoms with Crippen LogP contribution in [0.4, 0.5) is 11.4 Å². The number of aliphatic hydroxyl groups is 1. The van der Waals surface area contributed by atoms with Crippen LogP contribution in [0.15, 0.2) is 16.6 Å². The number of hydrogen-bond donors (Lipinski definition) is 3. The van der Waals surface area contributed by atoms with Gasteiger partial charge in [-0.3, -0.25) is 4.79 Å². The molecule has 2 atom stereocenters. The number of benzene rings is 1. The number of fused-ring (bicyclic) bond motifs is 1. The van der Waals surface area contributed by atoms with Crippen molar-refractivity contribution in [1.82, 2.24) is 0 Å². The van der Waals surface area contributed by atoms with Gasteiger partial charge in [-0.25, -0.2) is 0 Å². The maximum absolute atomic E-state index is 11.6. The van der Waals surface area contributed by atoms with Crippen LogP contribution in [0.1, 0.15) is 18.0 Å². The Morgan fingerprint density at radius 1 is 1.53 bits per heavy atom. The number of halogens is 1. The summed E-state index contributed by atoms with van der Waals surface area (Å²) in [7, 11) is 0. The van der Waals surface area contributed by atoms with Crippen molar-refractivity contribution in [3.8, 4) is 0 Å². The molecule has 6 heteroatoms. The second-order valence-electron chi connectivity index (χ2n) is 5.14. The molecular weight excluding hydrogens is 310 g/mol. The molecule has 1 aromatic rings. The summed E-state index contributed by atoms with van der Waals surface area (Å²) in [5.74, 6) is 0.172. The van der Waals surface area contributed by atoms with Gasteiger partial charge in [0.25, 0.3) is 0 Å². The molecule has 2 aliphatic rings. The van der Waals surface area contributed by atoms with Crippen molar-refractivity contribution in [3.63, 3.8) is 0 Å². The van der Waals surface area contributed by atoms with Gasteiger partial charge in [-0.15, -0.1) is 0 Å². The molecule has 0 aromatic heterocycles. The highest BCUT2D eigenvalue weighted by molar-refractivity contribution is 9.10. The first-order valence-corrected chi connectivity index (χ1v) is 7.15. The van der Waals surface area contributed by atoms with E-state index in [9.17, 15) is 9.90 Å². The van der Waals surface area contributed by atoms with Crippen LogP contribution in [0.3, 0.4) is 0 Å². The van der Waals surface area contributed by atoms with E-state index in [0.717, 1.165) is 40.9 Å². The second kappa shape index (κ2) is 4.77. The average Bonchev–Trinajstić information content (AvgIpc) is 2.96. The number of rotatable bonds is 2. The van der Waals surface area contributed by atoms with Crippen molar-refractivity contribution in [3.05, 3.63) is 22.2 Å². The van der Waals surface area contributed by atoms with Crippen LogP contribution in [0.2, 0.25) is 0 Å². The van der Waals surface area contributed by atoms with Crippen molar-refractivity contribution >= 4 is 33.2 Å². The summed E-state index contributed by atoms with van der Waals surface area (Å²) in [5, 5.41) is 12.0. The minimum atomic E-state index is -0.580. The Kier molecular flexibility index (Phi) is 3.24. The van der Waals surface area contributed by atoms with Crippen LogP contribution < -0.4 is 16.0 Å². The number of hydrogen-bond acceptors (Lipinski definition) is 4. The van der Waals surface area contributed by atoms with E-state index in [2.05, 4.69) is 26.1 Å². The van der Waals surface area contributed by atoms with E-state index in [1.807, 2.05) is 12.1 Å². The van der Waals surface area contributed by atoms with Gasteiger partial charge < -0.3 is 21.1 Å². The fourth-order valence-electron chi connectivity index (χ4n) is 2.74. The summed E-state index contributed by atoms with van der Waals surface area (Å²) >= 11 is 3.55. The quantitative estimate of drug-likeness (QED) is 0.764. The first kappa shape index (κ1) is 12.9. The molecule has 2 heterocycles. The van der Waals surface area contributed by atoms with Crippen molar-refractivity contribution < 1.29 is 9.90 Å². The maximum Gasteiger partial charge on any atom is 0.245 e. The first-order chi connectivity index (χ1) is 9.10. The third-order valence-electron chi connectivity index (χ3n) is 3.88. The second-order valence-corrected chi connectivity index (χ2v) is 6.00. The number of anilines is 2. The molecule has 5 nitrogen and oxygen atoms in total. The van der Waals surface area contributed by atoms with Gasteiger partial charge >= 0.3 is 0 Å². The van der Waals surface area contributed by atoms with E-state index in [4.69, 9.17) is 5.73 Å². The molecule has 102 valence electrons. The minimum absolute atomic E-state index is 0.159. The summed E-state index contributed by atoms with van der Waals surface area (Å²) in [6.45, 7) is 1.98. The van der Waals surface area contributed by atoms with Gasteiger partial charge in [-0.2, -0.15) is 0 Å². The predicted octanol–water partition coefficient (Wildman–Crippen LogP) is 1.22. The van der Waals surface area contributed by atoms with Gasteiger partial charge in [0, 0.05) is 41.3 Å². The Hall–Kier alpha value is -1.11. The van der Waals surface area contributed by atoms with Crippen LogP contribution >= 0.6 is 15.9 Å². The average molecular weight is 326 g/mol. The van der Waals surface area contributed by atoms with Crippen molar-refractivity contribution in [2.75, 3.05) is 29.9 Å². The molecule has 1 aromatic carbocycles. The SMILES string of the molecule is NC1C(=O)Nc2cc(N3CCC(CO)C3)c(Br)cc21. The fraction of sp³-hybridized carbons (Fsp3) is 0.462. The van der Waals surface area contributed by atoms with E-state index in [0.29, 0.717) is 5.92 Å². The molecule has 0 radical (unpaired) electrons. The number of aliphatic hydroxyl groups excluding tert-OH is 1. The van der Waals surface area contributed by atoms with Crippen LogP contribution in [0.25, 0.3) is 0 Å². The Labute approximate surface area is 119 Å². The zero-order valence-electron chi connectivity index (χ0n) is 10.4. The van der Waals surface area contributed by atoms with E-state index in [1.165, 1.54) is 0 Å². The maximum atomic E-state index is 11.6. The summed E-state index contributed by atoms with van der Waals surface area (Å²) in [5.41, 5.74) is 8.50. The number of nitrogens with zero attached hydrogens (tertiary/aromatic N) is 1. The molecule has 2 unspecified atom stereocenters. The number of nitrogens with two attached hydrogens (primary N) is 1. The molecule has 1 saturated heterocycles. The van der Waals surface area contributed by atoms with E-state index in [-0.39, 0.29) is 12.5 Å². The molecule has 1 fully saturated rings. The van der Waals surface area contributed by atoms with Gasteiger partial charge in [0.05, 0.1) is 5.69 Å². The molecule has 0 spiro atoms. The molecule has 19 heavy (non-hydrogen) atoms. The smallest absolute Gasteiger partial charge is 0.245 e. The van der Waals surface area contributed by atoms with Crippen molar-refractivity contribution in [1.29, 1.82) is 0 Å². The lowest BCUT2D eigenvalue weighted by Gasteiger charge is -2.21. The van der Waals surface area contributed by atoms with E-state index in [1.54, 1.807) is 0 Å². The summed E-state index contributed by atoms with van der Waals surface area (Å²) < 4.78 is 0.941. The number of carbonyl (C=O) groups excluding carboxylic acids is 1. The monoisotopic (exact) mass is 325 g/mol. The van der Waals surface area contributed by atoms with E-state index < -0.39 is 6.04 Å². The molecule has 0 saturated carbocycles. The standard InChI is InChI=1S/C13H16BrN3O2/c14-9-3-8-10(16-13(19)12(8)15)4-11(9)17-2-1-7(5-17)6-18/h3-4,7,12,18H,1-2,5-6,15H2,(H,16,19). The van der Waals surface area contributed by atoms with Crippen molar-refractivity contribution in [2.24, 2.45) is 11.7 Å². The molecule has 0 aliphatic carbocycles. The van der Waals surface area contributed by atoms with Crippen LogP contribution in [-0.4, -0.2) is 30.7 Å². The molecule has 3 rings (SSSR count). The Morgan fingerprint density at radius 2 is 2.32 bits per heavy atom. The molecule has 0 bridgehead atoms. The van der Waals surface area contributed by atoms with Crippen LogP contribution in [-0.2, 0) is 4.79 Å². The lowest BCUT2D eigenvalue weighted by Crippen LogP contribution is -2.21. The highest BCUT2D eigenvalue weighted by Crippen LogP contribution is 2.39. The predicted molar refractivity (Wildman–Crippen MR) is 77.1 cm³/mol. The van der Waals surface area contributed by atoms with Gasteiger partial charge in [-0.1, -0.05) is 0 Å². The zero-order chi connectivity index (χ0) is 13.6. The largest absolute Gasteiger partial charge is 0.396 e. The topological polar surface area (TPSA) is 78.6 Å². The van der Waals surface area contributed by atoms with Crippen LogP contribution in [0, 0.1) is 5.92 Å². The number of amides is 1. The van der Waals surface area contributed by atoms with E-state index >= 15 is 0 Å². The highest BCUT2D eigenvalue weighted by Gasteiger charge is 2.30. The minimum Gasteiger partial charge on any atom is -0.396 e. The lowest BCUT2D eigenvalue weighted by molar-refractivity contribution is -0.116. The van der Waals surface area contributed by atoms with Crippen LogP contribution in [0.5, 0.6) is 0 Å². The lowest BCUT2D eigenvalue weighted by atomic mass is 10.1. The highest BCUT2D eigenvalue weighted by atomic mass is 79.9. The Balaban J connectivity index is 1.92. The molecule has 4 N–H and O–H groups in total. The molecule has 1 amide bonds. The normalized spacial score (nSPS) is 25.6. The fourth-order valence-corrected chi connectivity index (χ4v) is 3.35. The van der Waals surface area contributed by atoms with Crippen molar-refractivity contribution in [2.45, 2.75) is 12.5 Å². The summed E-state index contributed by atoms with van der Waals surface area (Å²) in [6, 6.07) is 3.30. The Bertz CT molecular complexity index is 535. The summed E-state index contributed by atoms with van der Waals surface area (Å²) in [4.78, 5) is 13.8. The zero-order valence-corrected chi connectivity index (χ0v) is 12.0. The third-order valence-corrected chi connectivity index (χ3v) is 4.51. The Morgan fingerprint density at radius 3 is 3.00 bits per heavy atom. The molecular formula is C13H16BrN3O2. The molecule has 2 aliphatic heterocycles. The first-order valence-electron chi connectivity index (χ1n) is 6.36. The summed E-state index contributed by atoms with van der Waals surface area (Å²) in [6.07, 6.45) is 0.992. The van der Waals surface area contributed by atoms with Gasteiger partial charge in [-0.05, 0) is 34.5 Å². The number of carbonyl (C=O) groups is 1. The van der Waals surface area contributed by atoms with Gasteiger partial charge in [0.2, 0.25) is 5.91 Å². The third kappa shape index (κ3) is 2.13. The number of nitrogens with one attached hydrogen (secondary N) is 1. The van der Waals surface area contributed by atoms with Gasteiger partial charge in [0.15, 0.2) is 0 Å².